The van der Waals surface area contributed by atoms with Crippen molar-refractivity contribution in [2.24, 2.45) is 0 Å². The van der Waals surface area contributed by atoms with Gasteiger partial charge in [0, 0.05) is 23.2 Å². The molecule has 7 heteroatoms. The van der Waals surface area contributed by atoms with Crippen molar-refractivity contribution in [3.63, 3.8) is 0 Å². The van der Waals surface area contributed by atoms with Gasteiger partial charge >= 0.3 is 5.91 Å². The van der Waals surface area contributed by atoms with Crippen LogP contribution in [0.4, 0.5) is 15.9 Å². The Balaban J connectivity index is 2.31. The van der Waals surface area contributed by atoms with E-state index in [0.717, 1.165) is 11.3 Å². The number of carbonyl (C=O) groups is 1. The molecule has 0 saturated heterocycles. The highest BCUT2D eigenvalue weighted by Gasteiger charge is 2.21. The Labute approximate surface area is 118 Å². The summed E-state index contributed by atoms with van der Waals surface area (Å²) in [4.78, 5) is 15.8. The molecule has 0 bridgehead atoms. The van der Waals surface area contributed by atoms with Crippen molar-refractivity contribution in [3.8, 4) is 18.1 Å². The number of nitrogen functional groups attached to an aromatic ring is 1. The quantitative estimate of drug-likeness (QED) is 0.535. The van der Waals surface area contributed by atoms with Crippen LogP contribution in [-0.2, 0) is 0 Å². The Morgan fingerprint density at radius 1 is 1.55 bits per heavy atom. The third-order valence-electron chi connectivity index (χ3n) is 2.40. The minimum atomic E-state index is -0.921. The number of amides is 1. The van der Waals surface area contributed by atoms with Crippen LogP contribution in [0.5, 0.6) is 5.75 Å². The Bertz CT molecular complexity index is 693. The fourth-order valence-corrected chi connectivity index (χ4v) is 2.09. The molecule has 1 aromatic heterocycles. The lowest BCUT2D eigenvalue weighted by atomic mass is 10.2. The van der Waals surface area contributed by atoms with E-state index >= 15 is 0 Å². The molecule has 2 rings (SSSR count). The summed E-state index contributed by atoms with van der Waals surface area (Å²) in [7, 11) is 1.42. The highest BCUT2D eigenvalue weighted by atomic mass is 32.1. The van der Waals surface area contributed by atoms with Crippen molar-refractivity contribution in [2.45, 2.75) is 0 Å². The molecule has 0 saturated carbocycles. The maximum Gasteiger partial charge on any atom is 0.305 e. The lowest BCUT2D eigenvalue weighted by molar-refractivity contribution is 0.0927. The smallest absolute Gasteiger partial charge is 0.305 e. The molecule has 0 atom stereocenters. The van der Waals surface area contributed by atoms with Gasteiger partial charge in [-0.1, -0.05) is 4.48 Å². The first-order valence-electron chi connectivity index (χ1n) is 5.42. The summed E-state index contributed by atoms with van der Waals surface area (Å²) in [5.41, 5.74) is 5.79. The highest BCUT2D eigenvalue weighted by molar-refractivity contribution is 7.10. The summed E-state index contributed by atoms with van der Waals surface area (Å²) in [5.74, 6) is 1.71. The Morgan fingerprint density at radius 2 is 2.30 bits per heavy atom. The van der Waals surface area contributed by atoms with Crippen molar-refractivity contribution < 1.29 is 14.0 Å². The number of hydrogen-bond acceptors (Lipinski definition) is 5. The van der Waals surface area contributed by atoms with Crippen molar-refractivity contribution in [2.75, 3.05) is 18.0 Å². The summed E-state index contributed by atoms with van der Waals surface area (Å²) in [6, 6.07) is 4.18. The van der Waals surface area contributed by atoms with Crippen molar-refractivity contribution in [1.29, 1.82) is 0 Å². The summed E-state index contributed by atoms with van der Waals surface area (Å²) < 4.78 is 19.1. The number of nitrogens with two attached hydrogens (primary N) is 1. The molecule has 0 unspecified atom stereocenters. The van der Waals surface area contributed by atoms with Gasteiger partial charge in [0.25, 0.3) is 0 Å². The molecule has 0 aliphatic carbocycles. The van der Waals surface area contributed by atoms with E-state index in [9.17, 15) is 9.28 Å². The summed E-state index contributed by atoms with van der Waals surface area (Å²) in [5, 5.41) is 1.66. The molecule has 0 fully saturated rings. The molecule has 102 valence electrons. The van der Waals surface area contributed by atoms with E-state index in [-0.39, 0.29) is 22.2 Å². The number of thiazole rings is 1. The molecule has 20 heavy (non-hydrogen) atoms. The van der Waals surface area contributed by atoms with Crippen LogP contribution in [0.3, 0.4) is 0 Å². The maximum atomic E-state index is 14.1. The Hall–Kier alpha value is -2.59. The zero-order valence-corrected chi connectivity index (χ0v) is 11.3. The molecular formula is C13H10FN3O2S. The van der Waals surface area contributed by atoms with E-state index in [0.29, 0.717) is 10.8 Å². The predicted octanol–water partition coefficient (Wildman–Crippen LogP) is 2.25. The van der Waals surface area contributed by atoms with Gasteiger partial charge < -0.3 is 10.5 Å². The topological polar surface area (TPSA) is 68.5 Å². The largest absolute Gasteiger partial charge is 0.497 e. The van der Waals surface area contributed by atoms with Crippen LogP contribution < -0.4 is 15.6 Å². The summed E-state index contributed by atoms with van der Waals surface area (Å²) >= 11 is 1.09. The molecule has 5 nitrogen and oxygen atoms in total. The van der Waals surface area contributed by atoms with Gasteiger partial charge in [0.15, 0.2) is 5.01 Å². The van der Waals surface area contributed by atoms with E-state index in [1.807, 2.05) is 0 Å². The zero-order valence-electron chi connectivity index (χ0n) is 10.5. The van der Waals surface area contributed by atoms with Crippen LogP contribution in [0.2, 0.25) is 0 Å². The average molecular weight is 291 g/mol. The fourth-order valence-electron chi connectivity index (χ4n) is 1.49. The minimum Gasteiger partial charge on any atom is -0.497 e. The Morgan fingerprint density at radius 3 is 2.90 bits per heavy atom. The molecule has 2 aromatic rings. The standard InChI is InChI=1S/C13H10FN3O2S/c1-3-12-16-11(7-20-12)13(18)17(14)9-4-8(15)5-10(6-9)19-2/h1,4-7H,15H2,2H3. The van der Waals surface area contributed by atoms with Crippen LogP contribution in [0, 0.1) is 12.3 Å². The van der Waals surface area contributed by atoms with Crippen LogP contribution in [0.1, 0.15) is 15.5 Å². The number of rotatable bonds is 3. The van der Waals surface area contributed by atoms with Crippen LogP contribution in [0.25, 0.3) is 0 Å². The molecule has 2 N–H and O–H groups in total. The van der Waals surface area contributed by atoms with E-state index in [1.165, 1.54) is 30.7 Å². The number of aromatic nitrogens is 1. The average Bonchev–Trinajstić information content (AvgIpc) is 2.93. The van der Waals surface area contributed by atoms with E-state index in [1.54, 1.807) is 0 Å². The zero-order chi connectivity index (χ0) is 14.7. The number of nitrogens with zero attached hydrogens (tertiary/aromatic N) is 2. The van der Waals surface area contributed by atoms with Crippen molar-refractivity contribution in [1.82, 2.24) is 4.98 Å². The molecule has 0 aliphatic heterocycles. The normalized spacial score (nSPS) is 9.85. The third kappa shape index (κ3) is 2.70. The van der Waals surface area contributed by atoms with E-state index in [4.69, 9.17) is 16.9 Å². The first-order chi connectivity index (χ1) is 9.55. The van der Waals surface area contributed by atoms with Crippen LogP contribution in [-0.4, -0.2) is 18.0 Å². The first-order valence-corrected chi connectivity index (χ1v) is 6.30. The Kier molecular flexibility index (Phi) is 3.86. The third-order valence-corrected chi connectivity index (χ3v) is 3.17. The fraction of sp³-hybridized carbons (Fsp3) is 0.0769. The van der Waals surface area contributed by atoms with Crippen molar-refractivity contribution in [3.05, 3.63) is 34.3 Å². The first kappa shape index (κ1) is 13.8. The molecular weight excluding hydrogens is 281 g/mol. The molecule has 0 spiro atoms. The minimum absolute atomic E-state index is 0.0397. The van der Waals surface area contributed by atoms with Gasteiger partial charge in [0.05, 0.1) is 12.8 Å². The lowest BCUT2D eigenvalue weighted by Crippen LogP contribution is -2.22. The second-order valence-electron chi connectivity index (χ2n) is 3.73. The molecule has 0 radical (unpaired) electrons. The number of terminal acetylenes is 1. The van der Waals surface area contributed by atoms with Gasteiger partial charge in [-0.2, -0.15) is 0 Å². The number of methoxy groups -OCH3 is 1. The van der Waals surface area contributed by atoms with Gasteiger partial charge in [-0.15, -0.1) is 22.9 Å². The van der Waals surface area contributed by atoms with Gasteiger partial charge in [0.1, 0.15) is 11.4 Å². The van der Waals surface area contributed by atoms with Gasteiger partial charge in [-0.05, 0) is 12.0 Å². The number of carbonyl (C=O) groups excluding carboxylic acids is 1. The molecule has 0 aliphatic rings. The number of benzene rings is 1. The molecule has 1 heterocycles. The van der Waals surface area contributed by atoms with Gasteiger partial charge in [-0.3, -0.25) is 4.79 Å². The number of anilines is 2. The number of ether oxygens (including phenoxy) is 1. The monoisotopic (exact) mass is 291 g/mol. The predicted molar refractivity (Wildman–Crippen MR) is 75.4 cm³/mol. The van der Waals surface area contributed by atoms with Gasteiger partial charge in [-0.25, -0.2) is 4.98 Å². The number of hydrogen-bond donors (Lipinski definition) is 1. The van der Waals surface area contributed by atoms with Crippen molar-refractivity contribution >= 4 is 28.6 Å². The highest BCUT2D eigenvalue weighted by Crippen LogP contribution is 2.27. The SMILES string of the molecule is C#Cc1nc(C(=O)N(F)c2cc(N)cc(OC)c2)cs1. The van der Waals surface area contributed by atoms with Gasteiger partial charge in [0.2, 0.25) is 0 Å². The second-order valence-corrected chi connectivity index (χ2v) is 4.59. The molecule has 1 aromatic carbocycles. The maximum absolute atomic E-state index is 14.1. The summed E-state index contributed by atoms with van der Waals surface area (Å²) in [6.45, 7) is 0. The second kappa shape index (κ2) is 5.59. The van der Waals surface area contributed by atoms with E-state index < -0.39 is 5.91 Å². The lowest BCUT2D eigenvalue weighted by Gasteiger charge is -2.12. The molecule has 1 amide bonds. The summed E-state index contributed by atoms with van der Waals surface area (Å²) in [6.07, 6.45) is 5.15. The van der Waals surface area contributed by atoms with E-state index in [2.05, 4.69) is 10.9 Å². The number of halogens is 1. The van der Waals surface area contributed by atoms with Crippen LogP contribution >= 0.6 is 11.3 Å². The van der Waals surface area contributed by atoms with Crippen LogP contribution in [0.15, 0.2) is 23.6 Å².